The van der Waals surface area contributed by atoms with Crippen molar-refractivity contribution in [2.75, 3.05) is 13.1 Å². The van der Waals surface area contributed by atoms with Crippen LogP contribution in [0.1, 0.15) is 48.8 Å². The molecule has 1 aliphatic heterocycles. The molecule has 1 aliphatic rings. The Kier molecular flexibility index (Phi) is 6.49. The Labute approximate surface area is 208 Å². The number of amides is 1. The van der Waals surface area contributed by atoms with E-state index in [1.165, 1.54) is 0 Å². The lowest BCUT2D eigenvalue weighted by molar-refractivity contribution is 0.0653. The summed E-state index contributed by atoms with van der Waals surface area (Å²) in [5.74, 6) is -0.0394. The van der Waals surface area contributed by atoms with Crippen molar-refractivity contribution in [1.29, 1.82) is 0 Å². The first-order valence-electron chi connectivity index (χ1n) is 12.1. The summed E-state index contributed by atoms with van der Waals surface area (Å²) in [5, 5.41) is 9.59. The minimum atomic E-state index is -0.273. The first-order chi connectivity index (χ1) is 17.4. The van der Waals surface area contributed by atoms with Gasteiger partial charge < -0.3 is 9.64 Å². The van der Waals surface area contributed by atoms with Gasteiger partial charge in [0, 0.05) is 60.9 Å². The van der Waals surface area contributed by atoms with E-state index in [-0.39, 0.29) is 30.4 Å². The maximum absolute atomic E-state index is 13.0. The number of likely N-dealkylation sites (tertiary alicyclic amines) is 1. The van der Waals surface area contributed by atoms with Crippen LogP contribution in [0.15, 0.2) is 49.3 Å². The minimum Gasteiger partial charge on any atom is -0.447 e. The summed E-state index contributed by atoms with van der Waals surface area (Å²) in [6, 6.07) is 4.10. The highest BCUT2D eigenvalue weighted by Crippen LogP contribution is 2.24. The van der Waals surface area contributed by atoms with Crippen molar-refractivity contribution in [2.24, 2.45) is 7.05 Å². The Morgan fingerprint density at radius 2 is 1.81 bits per heavy atom. The van der Waals surface area contributed by atoms with Crippen molar-refractivity contribution < 1.29 is 14.3 Å². The number of ether oxygens (including phenoxy) is 1. The molecule has 0 aliphatic carbocycles. The zero-order valence-electron chi connectivity index (χ0n) is 20.7. The van der Waals surface area contributed by atoms with Gasteiger partial charge in [0.1, 0.15) is 0 Å². The highest BCUT2D eigenvalue weighted by molar-refractivity contribution is 5.97. The van der Waals surface area contributed by atoms with Crippen molar-refractivity contribution in [1.82, 2.24) is 34.4 Å². The summed E-state index contributed by atoms with van der Waals surface area (Å²) < 4.78 is 8.88. The van der Waals surface area contributed by atoms with Crippen LogP contribution in [0.25, 0.3) is 22.0 Å². The number of carbonyl (C=O) groups excluding carboxylic acids is 2. The van der Waals surface area contributed by atoms with E-state index in [0.717, 1.165) is 34.9 Å². The number of piperidine rings is 1. The molecule has 0 bridgehead atoms. The minimum absolute atomic E-state index is 0.0394. The van der Waals surface area contributed by atoms with Crippen molar-refractivity contribution in [3.05, 3.63) is 60.6 Å². The number of hydrogen-bond acceptors (Lipinski definition) is 7. The maximum atomic E-state index is 13.0. The van der Waals surface area contributed by atoms with Crippen LogP contribution < -0.4 is 0 Å². The van der Waals surface area contributed by atoms with Crippen LogP contribution in [-0.4, -0.2) is 65.5 Å². The molecule has 5 heterocycles. The Morgan fingerprint density at radius 3 is 2.53 bits per heavy atom. The maximum Gasteiger partial charge on any atom is 0.410 e. The van der Waals surface area contributed by atoms with Gasteiger partial charge in [-0.3, -0.25) is 24.1 Å². The van der Waals surface area contributed by atoms with Crippen LogP contribution >= 0.6 is 0 Å². The molecule has 1 fully saturated rings. The molecule has 1 amide bonds. The number of carbonyl (C=O) groups is 2. The van der Waals surface area contributed by atoms with E-state index in [0.29, 0.717) is 24.3 Å². The molecule has 0 aromatic carbocycles. The first-order valence-corrected chi connectivity index (χ1v) is 12.1. The average Bonchev–Trinajstić information content (AvgIpc) is 3.53. The van der Waals surface area contributed by atoms with Gasteiger partial charge in [-0.15, -0.1) is 0 Å². The molecule has 0 spiro atoms. The molecule has 4 aromatic rings. The quantitative estimate of drug-likeness (QED) is 0.380. The molecule has 10 heteroatoms. The summed E-state index contributed by atoms with van der Waals surface area (Å²) >= 11 is 0. The van der Waals surface area contributed by atoms with Crippen molar-refractivity contribution in [3.8, 4) is 11.1 Å². The standard InChI is InChI=1S/C26H29N7O3/c1-17(2)36-26(35)32-6-4-23(5-7-32)33-16-21(13-30-33)25(34)10-22-9-18-8-19(11-28-24(18)14-27-22)20-12-29-31(3)15-20/h8-9,11-17,23H,4-7,10H2,1-3H3. The summed E-state index contributed by atoms with van der Waals surface area (Å²) in [7, 11) is 1.88. The highest BCUT2D eigenvalue weighted by atomic mass is 16.6. The number of Topliss-reactive ketones (excluding diaryl/α,β-unsaturated/α-hetero) is 1. The number of nitrogens with zero attached hydrogens (tertiary/aromatic N) is 7. The molecule has 5 rings (SSSR count). The number of rotatable bonds is 6. The summed E-state index contributed by atoms with van der Waals surface area (Å²) in [5.41, 5.74) is 3.96. The van der Waals surface area contributed by atoms with E-state index in [2.05, 4.69) is 20.2 Å². The zero-order valence-corrected chi connectivity index (χ0v) is 20.7. The molecular formula is C26H29N7O3. The number of aryl methyl sites for hydroxylation is 1. The molecule has 0 N–H and O–H groups in total. The lowest BCUT2D eigenvalue weighted by Crippen LogP contribution is -2.40. The van der Waals surface area contributed by atoms with Crippen LogP contribution in [0.4, 0.5) is 4.79 Å². The van der Waals surface area contributed by atoms with Gasteiger partial charge in [-0.2, -0.15) is 10.2 Å². The number of fused-ring (bicyclic) bond motifs is 1. The Morgan fingerprint density at radius 1 is 1.00 bits per heavy atom. The molecule has 0 atom stereocenters. The van der Waals surface area contributed by atoms with E-state index in [1.54, 1.807) is 40.6 Å². The number of hydrogen-bond donors (Lipinski definition) is 0. The Bertz CT molecular complexity index is 1400. The molecule has 10 nitrogen and oxygen atoms in total. The van der Waals surface area contributed by atoms with E-state index in [9.17, 15) is 9.59 Å². The second-order valence-electron chi connectivity index (χ2n) is 9.45. The molecule has 1 saturated heterocycles. The van der Waals surface area contributed by atoms with Crippen molar-refractivity contribution in [3.63, 3.8) is 0 Å². The summed E-state index contributed by atoms with van der Waals surface area (Å²) in [4.78, 5) is 35.8. The largest absolute Gasteiger partial charge is 0.447 e. The number of pyridine rings is 2. The summed E-state index contributed by atoms with van der Waals surface area (Å²) in [6.07, 6.45) is 12.0. The zero-order chi connectivity index (χ0) is 25.2. The molecular weight excluding hydrogens is 458 g/mol. The molecule has 0 unspecified atom stereocenters. The first kappa shape index (κ1) is 23.7. The second kappa shape index (κ2) is 9.88. The fourth-order valence-electron chi connectivity index (χ4n) is 4.44. The molecule has 0 radical (unpaired) electrons. The monoisotopic (exact) mass is 487 g/mol. The molecule has 36 heavy (non-hydrogen) atoms. The van der Waals surface area contributed by atoms with Gasteiger partial charge in [0.05, 0.1) is 48.2 Å². The fraction of sp³-hybridized carbons (Fsp3) is 0.385. The number of aromatic nitrogens is 6. The van der Waals surface area contributed by atoms with E-state index < -0.39 is 0 Å². The van der Waals surface area contributed by atoms with Crippen LogP contribution in [0.3, 0.4) is 0 Å². The van der Waals surface area contributed by atoms with Crippen LogP contribution in [0, 0.1) is 0 Å². The van der Waals surface area contributed by atoms with Gasteiger partial charge in [0.15, 0.2) is 5.78 Å². The van der Waals surface area contributed by atoms with Gasteiger partial charge in [-0.1, -0.05) is 0 Å². The van der Waals surface area contributed by atoms with Gasteiger partial charge in [-0.25, -0.2) is 4.79 Å². The van der Waals surface area contributed by atoms with Gasteiger partial charge >= 0.3 is 6.09 Å². The van der Waals surface area contributed by atoms with Gasteiger partial charge in [-0.05, 0) is 38.8 Å². The van der Waals surface area contributed by atoms with Gasteiger partial charge in [0.2, 0.25) is 0 Å². The second-order valence-corrected chi connectivity index (χ2v) is 9.45. The topological polar surface area (TPSA) is 108 Å². The average molecular weight is 488 g/mol. The highest BCUT2D eigenvalue weighted by Gasteiger charge is 2.26. The van der Waals surface area contributed by atoms with Crippen LogP contribution in [0.5, 0.6) is 0 Å². The van der Waals surface area contributed by atoms with E-state index >= 15 is 0 Å². The van der Waals surface area contributed by atoms with E-state index in [1.807, 2.05) is 43.9 Å². The predicted octanol–water partition coefficient (Wildman–Crippen LogP) is 3.83. The summed E-state index contributed by atoms with van der Waals surface area (Å²) in [6.45, 7) is 4.90. The molecule has 186 valence electrons. The van der Waals surface area contributed by atoms with E-state index in [4.69, 9.17) is 4.74 Å². The molecule has 0 saturated carbocycles. The Hall–Kier alpha value is -4.08. The van der Waals surface area contributed by atoms with Crippen LogP contribution in [-0.2, 0) is 18.2 Å². The third-order valence-corrected chi connectivity index (χ3v) is 6.36. The Balaban J connectivity index is 1.24. The molecule has 4 aromatic heterocycles. The van der Waals surface area contributed by atoms with Crippen molar-refractivity contribution in [2.45, 2.75) is 45.3 Å². The predicted molar refractivity (Wildman–Crippen MR) is 133 cm³/mol. The smallest absolute Gasteiger partial charge is 0.410 e. The lowest BCUT2D eigenvalue weighted by atomic mass is 10.1. The number of ketones is 1. The van der Waals surface area contributed by atoms with Gasteiger partial charge in [0.25, 0.3) is 0 Å². The normalized spacial score (nSPS) is 14.5. The SMILES string of the molecule is CC(C)OC(=O)N1CCC(n2cc(C(=O)Cc3cc4cc(-c5cnn(C)c5)cnc4cn3)cn2)CC1. The third-order valence-electron chi connectivity index (χ3n) is 6.36. The van der Waals surface area contributed by atoms with Crippen molar-refractivity contribution >= 4 is 22.8 Å². The van der Waals surface area contributed by atoms with Crippen LogP contribution in [0.2, 0.25) is 0 Å². The third kappa shape index (κ3) is 5.12. The lowest BCUT2D eigenvalue weighted by Gasteiger charge is -2.31. The fourth-order valence-corrected chi connectivity index (χ4v) is 4.44.